The van der Waals surface area contributed by atoms with Gasteiger partial charge in [0.1, 0.15) is 10.1 Å². The van der Waals surface area contributed by atoms with Crippen LogP contribution < -0.4 is 29.6 Å². The second-order valence-corrected chi connectivity index (χ2v) is 8.81. The van der Waals surface area contributed by atoms with E-state index in [1.165, 1.54) is 32.1 Å². The third kappa shape index (κ3) is 14.6. The van der Waals surface area contributed by atoms with Crippen LogP contribution in [0.5, 0.6) is 0 Å². The van der Waals surface area contributed by atoms with E-state index >= 15 is 0 Å². The summed E-state index contributed by atoms with van der Waals surface area (Å²) in [5, 5.41) is 10.3. The summed E-state index contributed by atoms with van der Waals surface area (Å²) in [6.07, 6.45) is 14.9. The molecule has 146 valence electrons. The van der Waals surface area contributed by atoms with Crippen molar-refractivity contribution in [2.24, 2.45) is 0 Å². The van der Waals surface area contributed by atoms with Crippen molar-refractivity contribution in [2.45, 2.75) is 122 Å². The SMILES string of the molecule is CCCCCCCCCCC(O)(CCCCCCCC)S(=O)(=O)[O-].[Na+]. The third-order valence-corrected chi connectivity index (χ3v) is 6.15. The van der Waals surface area contributed by atoms with Crippen LogP contribution in [-0.2, 0) is 10.1 Å². The predicted molar refractivity (Wildman–Crippen MR) is 99.9 cm³/mol. The molecule has 0 amide bonds. The van der Waals surface area contributed by atoms with Crippen molar-refractivity contribution in [2.75, 3.05) is 0 Å². The van der Waals surface area contributed by atoms with Crippen molar-refractivity contribution in [1.29, 1.82) is 0 Å². The van der Waals surface area contributed by atoms with E-state index in [1.807, 2.05) is 0 Å². The average Bonchev–Trinajstić information content (AvgIpc) is 2.52. The third-order valence-electron chi connectivity index (χ3n) is 4.81. The monoisotopic (exact) mass is 386 g/mol. The molecule has 1 atom stereocenters. The molecule has 0 heterocycles. The van der Waals surface area contributed by atoms with Crippen molar-refractivity contribution in [1.82, 2.24) is 0 Å². The number of unbranched alkanes of at least 4 members (excludes halogenated alkanes) is 12. The Bertz CT molecular complexity index is 387. The van der Waals surface area contributed by atoms with Crippen LogP contribution in [0.1, 0.15) is 117 Å². The number of hydrogen-bond acceptors (Lipinski definition) is 4. The average molecular weight is 387 g/mol. The van der Waals surface area contributed by atoms with E-state index in [-0.39, 0.29) is 42.4 Å². The molecular weight excluding hydrogens is 347 g/mol. The Balaban J connectivity index is 0. The fraction of sp³-hybridized carbons (Fsp3) is 1.00. The van der Waals surface area contributed by atoms with Crippen molar-refractivity contribution in [3.8, 4) is 0 Å². The summed E-state index contributed by atoms with van der Waals surface area (Å²) in [6.45, 7) is 4.33. The van der Waals surface area contributed by atoms with Gasteiger partial charge in [0.15, 0.2) is 4.93 Å². The van der Waals surface area contributed by atoms with Crippen LogP contribution in [0.3, 0.4) is 0 Å². The largest absolute Gasteiger partial charge is 1.00 e. The first-order valence-electron chi connectivity index (χ1n) is 10.0. The van der Waals surface area contributed by atoms with Crippen LogP contribution in [0, 0.1) is 0 Å². The minimum atomic E-state index is -4.66. The smallest absolute Gasteiger partial charge is 0.746 e. The topological polar surface area (TPSA) is 77.4 Å². The Kier molecular flexibility index (Phi) is 19.1. The normalized spacial score (nSPS) is 14.1. The molecule has 0 saturated heterocycles. The molecule has 0 aromatic carbocycles. The first kappa shape index (κ1) is 28.1. The molecule has 0 radical (unpaired) electrons. The van der Waals surface area contributed by atoms with E-state index in [9.17, 15) is 18.1 Å². The predicted octanol–water partition coefficient (Wildman–Crippen LogP) is 2.51. The maximum absolute atomic E-state index is 11.5. The summed E-state index contributed by atoms with van der Waals surface area (Å²) in [5.74, 6) is 0. The zero-order chi connectivity index (χ0) is 18.3. The molecular formula is C19H39NaO4S. The molecule has 4 nitrogen and oxygen atoms in total. The van der Waals surface area contributed by atoms with E-state index in [1.54, 1.807) is 0 Å². The molecule has 6 heteroatoms. The van der Waals surface area contributed by atoms with E-state index in [4.69, 9.17) is 0 Å². The van der Waals surface area contributed by atoms with Gasteiger partial charge in [-0.15, -0.1) is 0 Å². The molecule has 0 aromatic heterocycles. The Labute approximate surface area is 178 Å². The van der Waals surface area contributed by atoms with Crippen molar-refractivity contribution < 1.29 is 47.6 Å². The summed E-state index contributed by atoms with van der Waals surface area (Å²) in [7, 11) is -4.66. The zero-order valence-corrected chi connectivity index (χ0v) is 19.7. The van der Waals surface area contributed by atoms with Gasteiger partial charge < -0.3 is 9.66 Å². The fourth-order valence-electron chi connectivity index (χ4n) is 3.09. The minimum absolute atomic E-state index is 0. The number of rotatable bonds is 17. The number of hydrogen-bond donors (Lipinski definition) is 1. The molecule has 0 aromatic rings. The van der Waals surface area contributed by atoms with Crippen LogP contribution in [0.2, 0.25) is 0 Å². The van der Waals surface area contributed by atoms with Crippen LogP contribution in [-0.4, -0.2) is 23.0 Å². The van der Waals surface area contributed by atoms with Crippen LogP contribution >= 0.6 is 0 Å². The molecule has 0 aliphatic rings. The Morgan fingerprint density at radius 2 is 0.960 bits per heavy atom. The van der Waals surface area contributed by atoms with Gasteiger partial charge in [0.25, 0.3) is 0 Å². The van der Waals surface area contributed by atoms with Crippen LogP contribution in [0.15, 0.2) is 0 Å². The molecule has 1 unspecified atom stereocenters. The van der Waals surface area contributed by atoms with Gasteiger partial charge in [-0.2, -0.15) is 0 Å². The zero-order valence-electron chi connectivity index (χ0n) is 16.9. The van der Waals surface area contributed by atoms with Gasteiger partial charge >= 0.3 is 29.6 Å². The van der Waals surface area contributed by atoms with Crippen LogP contribution in [0.4, 0.5) is 0 Å². The molecule has 0 aliphatic heterocycles. The van der Waals surface area contributed by atoms with Crippen molar-refractivity contribution >= 4 is 10.1 Å². The van der Waals surface area contributed by atoms with Gasteiger partial charge in [-0.1, -0.05) is 90.9 Å². The second-order valence-electron chi connectivity index (χ2n) is 7.14. The van der Waals surface area contributed by atoms with E-state index in [2.05, 4.69) is 13.8 Å². The van der Waals surface area contributed by atoms with Crippen molar-refractivity contribution in [3.05, 3.63) is 0 Å². The summed E-state index contributed by atoms with van der Waals surface area (Å²) in [6, 6.07) is 0. The Hall–Kier alpha value is 0.870. The fourth-order valence-corrected chi connectivity index (χ4v) is 3.88. The van der Waals surface area contributed by atoms with E-state index in [0.717, 1.165) is 44.9 Å². The maximum Gasteiger partial charge on any atom is 1.00 e. The summed E-state index contributed by atoms with van der Waals surface area (Å²) < 4.78 is 34.4. The molecule has 0 fully saturated rings. The first-order valence-corrected chi connectivity index (χ1v) is 11.5. The molecule has 0 saturated carbocycles. The van der Waals surface area contributed by atoms with Crippen molar-refractivity contribution in [3.63, 3.8) is 0 Å². The summed E-state index contributed by atoms with van der Waals surface area (Å²) in [4.78, 5) is -2.06. The number of aliphatic hydroxyl groups is 1. The van der Waals surface area contributed by atoms with Gasteiger partial charge in [-0.05, 0) is 25.7 Å². The molecule has 1 N–H and O–H groups in total. The molecule has 25 heavy (non-hydrogen) atoms. The van der Waals surface area contributed by atoms with Gasteiger partial charge in [0, 0.05) is 0 Å². The van der Waals surface area contributed by atoms with Gasteiger partial charge in [0.05, 0.1) is 0 Å². The van der Waals surface area contributed by atoms with E-state index < -0.39 is 15.1 Å². The summed E-state index contributed by atoms with van der Waals surface area (Å²) in [5.41, 5.74) is 0. The van der Waals surface area contributed by atoms with Gasteiger partial charge in [-0.25, -0.2) is 8.42 Å². The standard InChI is InChI=1S/C19H40O4S.Na/c1-3-5-7-9-11-12-14-16-18-19(20,24(21,22)23)17-15-13-10-8-6-4-2;/h20H,3-18H2,1-2H3,(H,21,22,23);/q;+1/p-1. The minimum Gasteiger partial charge on any atom is -0.746 e. The Morgan fingerprint density at radius 3 is 1.24 bits per heavy atom. The van der Waals surface area contributed by atoms with Gasteiger partial charge in [0.2, 0.25) is 0 Å². The second kappa shape index (κ2) is 17.0. The molecule has 0 bridgehead atoms. The first-order chi connectivity index (χ1) is 11.4. The molecule has 0 rings (SSSR count). The summed E-state index contributed by atoms with van der Waals surface area (Å²) >= 11 is 0. The molecule has 0 aliphatic carbocycles. The maximum atomic E-state index is 11.5. The van der Waals surface area contributed by atoms with Crippen LogP contribution in [0.25, 0.3) is 0 Å². The Morgan fingerprint density at radius 1 is 0.680 bits per heavy atom. The van der Waals surface area contributed by atoms with Gasteiger partial charge in [-0.3, -0.25) is 0 Å². The van der Waals surface area contributed by atoms with E-state index in [0.29, 0.717) is 12.8 Å². The molecule has 0 spiro atoms. The quantitative estimate of drug-likeness (QED) is 0.237.